The average Bonchev–Trinajstić information content (AvgIpc) is 2.52. The van der Waals surface area contributed by atoms with Crippen LogP contribution in [0.2, 0.25) is 0 Å². The molecule has 0 amide bonds. The number of nitrogens with two attached hydrogens (primary N) is 2. The second-order valence-corrected chi connectivity index (χ2v) is 6.55. The zero-order chi connectivity index (χ0) is 17.3. The van der Waals surface area contributed by atoms with Gasteiger partial charge >= 0.3 is 0 Å². The van der Waals surface area contributed by atoms with E-state index in [2.05, 4.69) is 43.1 Å². The van der Waals surface area contributed by atoms with Gasteiger partial charge in [-0.1, -0.05) is 23.3 Å². The fourth-order valence-corrected chi connectivity index (χ4v) is 2.43. The van der Waals surface area contributed by atoms with Crippen molar-refractivity contribution in [1.82, 2.24) is 10.2 Å². The number of hydrogen-bond acceptors (Lipinski definition) is 4. The van der Waals surface area contributed by atoms with E-state index in [4.69, 9.17) is 11.5 Å². The van der Waals surface area contributed by atoms with Crippen molar-refractivity contribution in [1.29, 1.82) is 0 Å². The molecule has 0 aromatic rings. The molecule has 0 heterocycles. The van der Waals surface area contributed by atoms with E-state index < -0.39 is 0 Å². The average molecular weight is 325 g/mol. The molecule has 0 aliphatic carbocycles. The Morgan fingerprint density at radius 2 is 1.52 bits per heavy atom. The van der Waals surface area contributed by atoms with Crippen LogP contribution in [0.1, 0.15) is 52.9 Å². The Morgan fingerprint density at radius 1 is 0.913 bits per heavy atom. The van der Waals surface area contributed by atoms with Gasteiger partial charge < -0.3 is 21.7 Å². The minimum atomic E-state index is 0.772. The first-order valence-corrected chi connectivity index (χ1v) is 9.22. The van der Waals surface area contributed by atoms with E-state index in [0.29, 0.717) is 0 Å². The number of rotatable bonds is 15. The van der Waals surface area contributed by atoms with Crippen LogP contribution in [-0.2, 0) is 0 Å². The van der Waals surface area contributed by atoms with E-state index >= 15 is 0 Å². The van der Waals surface area contributed by atoms with Crippen LogP contribution in [-0.4, -0.2) is 50.7 Å². The molecular formula is C19H40N4. The van der Waals surface area contributed by atoms with Crippen molar-refractivity contribution in [2.24, 2.45) is 11.5 Å². The molecule has 4 nitrogen and oxygen atoms in total. The molecule has 0 fully saturated rings. The second kappa shape index (κ2) is 16.2. The lowest BCUT2D eigenvalue weighted by Gasteiger charge is -2.21. The molecule has 0 aliphatic rings. The molecule has 4 heteroatoms. The topological polar surface area (TPSA) is 67.3 Å². The van der Waals surface area contributed by atoms with Gasteiger partial charge in [0.15, 0.2) is 0 Å². The molecule has 23 heavy (non-hydrogen) atoms. The molecule has 0 spiro atoms. The Bertz CT molecular complexity index is 311. The van der Waals surface area contributed by atoms with E-state index in [9.17, 15) is 0 Å². The van der Waals surface area contributed by atoms with Gasteiger partial charge in [-0.25, -0.2) is 0 Å². The third-order valence-corrected chi connectivity index (χ3v) is 3.87. The normalized spacial score (nSPS) is 12.0. The van der Waals surface area contributed by atoms with E-state index in [0.717, 1.165) is 65.1 Å². The first-order chi connectivity index (χ1) is 11.1. The summed E-state index contributed by atoms with van der Waals surface area (Å²) in [5.41, 5.74) is 14.1. The smallest absolute Gasteiger partial charge is 0.0137 e. The summed E-state index contributed by atoms with van der Waals surface area (Å²) >= 11 is 0. The zero-order valence-corrected chi connectivity index (χ0v) is 15.7. The van der Waals surface area contributed by atoms with Crippen LogP contribution < -0.4 is 16.8 Å². The van der Waals surface area contributed by atoms with Crippen molar-refractivity contribution in [3.05, 3.63) is 23.3 Å². The maximum Gasteiger partial charge on any atom is 0.0137 e. The van der Waals surface area contributed by atoms with Crippen molar-refractivity contribution >= 4 is 0 Å². The Balaban J connectivity index is 3.72. The quantitative estimate of drug-likeness (QED) is 0.320. The maximum atomic E-state index is 5.61. The molecular weight excluding hydrogens is 284 g/mol. The molecule has 0 unspecified atom stereocenters. The SMILES string of the molecule is CC(C)=CCC/C(C)=C/CNCCCN(CCCN)CCCN. The lowest BCUT2D eigenvalue weighted by atomic mass is 10.1. The first-order valence-electron chi connectivity index (χ1n) is 9.22. The highest BCUT2D eigenvalue weighted by Gasteiger charge is 2.03. The van der Waals surface area contributed by atoms with Gasteiger partial charge in [-0.05, 0) is 92.1 Å². The zero-order valence-electron chi connectivity index (χ0n) is 15.7. The van der Waals surface area contributed by atoms with Crippen LogP contribution in [0.3, 0.4) is 0 Å². The fourth-order valence-electron chi connectivity index (χ4n) is 2.43. The van der Waals surface area contributed by atoms with Crippen LogP contribution in [0.5, 0.6) is 0 Å². The predicted molar refractivity (Wildman–Crippen MR) is 104 cm³/mol. The van der Waals surface area contributed by atoms with Crippen molar-refractivity contribution < 1.29 is 0 Å². The van der Waals surface area contributed by atoms with Gasteiger partial charge in [-0.3, -0.25) is 0 Å². The van der Waals surface area contributed by atoms with Gasteiger partial charge in [-0.15, -0.1) is 0 Å². The summed E-state index contributed by atoms with van der Waals surface area (Å²) in [5, 5.41) is 3.52. The molecule has 0 radical (unpaired) electrons. The Labute approximate surface area is 144 Å². The van der Waals surface area contributed by atoms with Crippen molar-refractivity contribution in [3.63, 3.8) is 0 Å². The van der Waals surface area contributed by atoms with Crippen molar-refractivity contribution in [2.45, 2.75) is 52.9 Å². The molecule has 0 saturated carbocycles. The third-order valence-electron chi connectivity index (χ3n) is 3.87. The molecule has 0 atom stereocenters. The minimum absolute atomic E-state index is 0.772. The number of hydrogen-bond donors (Lipinski definition) is 3. The van der Waals surface area contributed by atoms with Crippen LogP contribution in [0.25, 0.3) is 0 Å². The van der Waals surface area contributed by atoms with E-state index in [1.807, 2.05) is 0 Å². The monoisotopic (exact) mass is 324 g/mol. The molecule has 0 bridgehead atoms. The third kappa shape index (κ3) is 16.0. The first kappa shape index (κ1) is 22.3. The molecule has 0 rings (SSSR count). The maximum absolute atomic E-state index is 5.61. The highest BCUT2D eigenvalue weighted by atomic mass is 15.1. The van der Waals surface area contributed by atoms with Gasteiger partial charge in [0.2, 0.25) is 0 Å². The molecule has 136 valence electrons. The molecule has 0 saturated heterocycles. The molecule has 0 aromatic carbocycles. The van der Waals surface area contributed by atoms with Crippen LogP contribution in [0.15, 0.2) is 23.3 Å². The summed E-state index contributed by atoms with van der Waals surface area (Å²) in [6.07, 6.45) is 10.3. The Morgan fingerprint density at radius 3 is 2.09 bits per heavy atom. The Hall–Kier alpha value is -0.680. The largest absolute Gasteiger partial charge is 0.330 e. The highest BCUT2D eigenvalue weighted by molar-refractivity contribution is 5.02. The summed E-state index contributed by atoms with van der Waals surface area (Å²) in [4.78, 5) is 2.49. The van der Waals surface area contributed by atoms with E-state index in [1.54, 1.807) is 0 Å². The van der Waals surface area contributed by atoms with Gasteiger partial charge in [-0.2, -0.15) is 0 Å². The Kier molecular flexibility index (Phi) is 15.7. The van der Waals surface area contributed by atoms with Crippen LogP contribution in [0.4, 0.5) is 0 Å². The van der Waals surface area contributed by atoms with Crippen LogP contribution >= 0.6 is 0 Å². The van der Waals surface area contributed by atoms with E-state index in [-0.39, 0.29) is 0 Å². The summed E-state index contributed by atoms with van der Waals surface area (Å²) in [6, 6.07) is 0. The number of nitrogens with zero attached hydrogens (tertiary/aromatic N) is 1. The van der Waals surface area contributed by atoms with Gasteiger partial charge in [0.05, 0.1) is 0 Å². The molecule has 5 N–H and O–H groups in total. The van der Waals surface area contributed by atoms with Gasteiger partial charge in [0.25, 0.3) is 0 Å². The fraction of sp³-hybridized carbons (Fsp3) is 0.789. The molecule has 0 aromatic heterocycles. The van der Waals surface area contributed by atoms with Crippen molar-refractivity contribution in [3.8, 4) is 0 Å². The minimum Gasteiger partial charge on any atom is -0.330 e. The summed E-state index contributed by atoms with van der Waals surface area (Å²) in [6.45, 7) is 13.5. The summed E-state index contributed by atoms with van der Waals surface area (Å²) < 4.78 is 0. The van der Waals surface area contributed by atoms with E-state index in [1.165, 1.54) is 24.0 Å². The second-order valence-electron chi connectivity index (χ2n) is 6.55. The van der Waals surface area contributed by atoms with Crippen molar-refractivity contribution in [2.75, 3.05) is 45.8 Å². The predicted octanol–water partition coefficient (Wildman–Crippen LogP) is 2.66. The summed E-state index contributed by atoms with van der Waals surface area (Å²) in [7, 11) is 0. The lowest BCUT2D eigenvalue weighted by Crippen LogP contribution is -2.31. The van der Waals surface area contributed by atoms with Gasteiger partial charge in [0, 0.05) is 6.54 Å². The lowest BCUT2D eigenvalue weighted by molar-refractivity contribution is 0.266. The highest BCUT2D eigenvalue weighted by Crippen LogP contribution is 2.05. The standard InChI is InChI=1S/C19H40N4/c1-18(2)8-4-9-19(3)10-14-22-13-7-17-23(15-5-11-20)16-6-12-21/h8,10,22H,4-7,9,11-17,20-21H2,1-3H3/b19-10+. The summed E-state index contributed by atoms with van der Waals surface area (Å²) in [5.74, 6) is 0. The number of allylic oxidation sites excluding steroid dienone is 3. The molecule has 0 aliphatic heterocycles. The number of nitrogens with one attached hydrogen (secondary N) is 1. The van der Waals surface area contributed by atoms with Gasteiger partial charge in [0.1, 0.15) is 0 Å². The van der Waals surface area contributed by atoms with Crippen LogP contribution in [0, 0.1) is 0 Å².